The number of benzene rings is 1. The summed E-state index contributed by atoms with van der Waals surface area (Å²) < 4.78 is 10.0. The Balaban J connectivity index is 1.54. The van der Waals surface area contributed by atoms with Crippen LogP contribution in [0.15, 0.2) is 33.6 Å². The van der Waals surface area contributed by atoms with E-state index in [0.717, 1.165) is 12.8 Å². The number of amides is 1. The molecule has 1 heterocycles. The van der Waals surface area contributed by atoms with Gasteiger partial charge in [0, 0.05) is 11.3 Å². The molecule has 1 saturated carbocycles. The maximum absolute atomic E-state index is 11.8. The number of hydrogen-bond acceptors (Lipinski definition) is 5. The topological polar surface area (TPSA) is 97.2 Å². The molecular weight excluding hydrogens is 286 g/mol. The van der Waals surface area contributed by atoms with Gasteiger partial charge in [-0.2, -0.15) is 0 Å². The highest BCUT2D eigenvalue weighted by molar-refractivity contribution is 5.91. The standard InChI is InChI=1S/C15H17N3O4/c19-13(9-21-12-3-1-2-4-12)16-11-7-5-10(6-8-11)14-17-15(20)22-18-14/h5-8,12H,1-4,9H2,(H,16,19)(H,17,18,20). The van der Waals surface area contributed by atoms with Crippen LogP contribution in [0.5, 0.6) is 0 Å². The van der Waals surface area contributed by atoms with Crippen molar-refractivity contribution in [1.82, 2.24) is 10.1 Å². The first-order valence-electron chi connectivity index (χ1n) is 7.28. The Hall–Kier alpha value is -2.41. The molecule has 116 valence electrons. The van der Waals surface area contributed by atoms with Crippen LogP contribution in [0.4, 0.5) is 5.69 Å². The van der Waals surface area contributed by atoms with Gasteiger partial charge < -0.3 is 10.1 Å². The van der Waals surface area contributed by atoms with Crippen molar-refractivity contribution in [3.63, 3.8) is 0 Å². The molecule has 0 atom stereocenters. The van der Waals surface area contributed by atoms with E-state index in [9.17, 15) is 9.59 Å². The lowest BCUT2D eigenvalue weighted by atomic mass is 10.2. The van der Waals surface area contributed by atoms with Crippen molar-refractivity contribution in [3.05, 3.63) is 34.8 Å². The van der Waals surface area contributed by atoms with E-state index in [4.69, 9.17) is 4.74 Å². The molecular formula is C15H17N3O4. The van der Waals surface area contributed by atoms with Crippen LogP contribution >= 0.6 is 0 Å². The second-order valence-electron chi connectivity index (χ2n) is 5.29. The smallest absolute Gasteiger partial charge is 0.368 e. The first-order valence-corrected chi connectivity index (χ1v) is 7.28. The zero-order valence-corrected chi connectivity index (χ0v) is 12.0. The summed E-state index contributed by atoms with van der Waals surface area (Å²) in [5.74, 6) is -0.418. The minimum Gasteiger partial charge on any atom is -0.368 e. The highest BCUT2D eigenvalue weighted by Crippen LogP contribution is 2.21. The van der Waals surface area contributed by atoms with Crippen molar-refractivity contribution in [2.24, 2.45) is 0 Å². The molecule has 0 aliphatic heterocycles. The Morgan fingerprint density at radius 1 is 1.32 bits per heavy atom. The zero-order chi connectivity index (χ0) is 15.4. The molecule has 0 saturated heterocycles. The molecule has 3 rings (SSSR count). The van der Waals surface area contributed by atoms with Crippen LogP contribution in [0, 0.1) is 0 Å². The van der Waals surface area contributed by atoms with Crippen molar-refractivity contribution in [2.45, 2.75) is 31.8 Å². The van der Waals surface area contributed by atoms with Gasteiger partial charge in [0.25, 0.3) is 0 Å². The molecule has 0 spiro atoms. The number of hydrogen-bond donors (Lipinski definition) is 2. The van der Waals surface area contributed by atoms with Crippen LogP contribution in [0.1, 0.15) is 25.7 Å². The minimum absolute atomic E-state index is 0.0724. The van der Waals surface area contributed by atoms with E-state index in [1.54, 1.807) is 24.3 Å². The third-order valence-electron chi connectivity index (χ3n) is 3.63. The third kappa shape index (κ3) is 3.62. The lowest BCUT2D eigenvalue weighted by Crippen LogP contribution is -2.21. The molecule has 1 fully saturated rings. The number of anilines is 1. The Labute approximate surface area is 126 Å². The fourth-order valence-electron chi connectivity index (χ4n) is 2.51. The van der Waals surface area contributed by atoms with Crippen molar-refractivity contribution in [1.29, 1.82) is 0 Å². The van der Waals surface area contributed by atoms with Gasteiger partial charge in [0.15, 0.2) is 5.82 Å². The number of rotatable bonds is 5. The zero-order valence-electron chi connectivity index (χ0n) is 12.0. The maximum atomic E-state index is 11.8. The van der Waals surface area contributed by atoms with E-state index in [-0.39, 0.29) is 18.6 Å². The molecule has 1 amide bonds. The summed E-state index contributed by atoms with van der Waals surface area (Å²) in [6.45, 7) is 0.0724. The Bertz CT molecular complexity index is 683. The van der Waals surface area contributed by atoms with Gasteiger partial charge in [-0.1, -0.05) is 18.0 Å². The number of carbonyl (C=O) groups is 1. The lowest BCUT2D eigenvalue weighted by molar-refractivity contribution is -0.122. The summed E-state index contributed by atoms with van der Waals surface area (Å²) in [7, 11) is 0. The molecule has 1 aliphatic rings. The largest absolute Gasteiger partial charge is 0.439 e. The SMILES string of the molecule is O=C(COC1CCCC1)Nc1ccc(-c2noc(=O)[nH]2)cc1. The van der Waals surface area contributed by atoms with E-state index in [2.05, 4.69) is 20.0 Å². The normalized spacial score (nSPS) is 15.1. The molecule has 1 aromatic carbocycles. The Morgan fingerprint density at radius 3 is 2.68 bits per heavy atom. The summed E-state index contributed by atoms with van der Waals surface area (Å²) in [6, 6.07) is 6.94. The highest BCUT2D eigenvalue weighted by atomic mass is 16.5. The number of nitrogens with zero attached hydrogens (tertiary/aromatic N) is 1. The summed E-state index contributed by atoms with van der Waals surface area (Å²) in [5.41, 5.74) is 1.36. The van der Waals surface area contributed by atoms with E-state index < -0.39 is 5.76 Å². The van der Waals surface area contributed by atoms with Gasteiger partial charge in [0.2, 0.25) is 5.91 Å². The maximum Gasteiger partial charge on any atom is 0.439 e. The predicted molar refractivity (Wildman–Crippen MR) is 79.4 cm³/mol. The number of nitrogens with one attached hydrogen (secondary N) is 2. The molecule has 0 unspecified atom stereocenters. The Kier molecular flexibility index (Phi) is 4.34. The summed E-state index contributed by atoms with van der Waals surface area (Å²) >= 11 is 0. The second kappa shape index (κ2) is 6.57. The molecule has 2 aromatic rings. The molecule has 0 bridgehead atoms. The fourth-order valence-corrected chi connectivity index (χ4v) is 2.51. The van der Waals surface area contributed by atoms with Gasteiger partial charge in [0.05, 0.1) is 6.10 Å². The highest BCUT2D eigenvalue weighted by Gasteiger charge is 2.16. The van der Waals surface area contributed by atoms with Crippen LogP contribution in [-0.2, 0) is 9.53 Å². The van der Waals surface area contributed by atoms with Crippen molar-refractivity contribution >= 4 is 11.6 Å². The number of aromatic nitrogens is 2. The van der Waals surface area contributed by atoms with Gasteiger partial charge in [-0.25, -0.2) is 4.79 Å². The number of ether oxygens (including phenoxy) is 1. The van der Waals surface area contributed by atoms with Crippen LogP contribution in [0.3, 0.4) is 0 Å². The molecule has 7 heteroatoms. The molecule has 0 radical (unpaired) electrons. The summed E-state index contributed by atoms with van der Waals surface area (Å²) in [5, 5.41) is 6.37. The van der Waals surface area contributed by atoms with Crippen molar-refractivity contribution in [2.75, 3.05) is 11.9 Å². The quantitative estimate of drug-likeness (QED) is 0.879. The Morgan fingerprint density at radius 2 is 2.05 bits per heavy atom. The van der Waals surface area contributed by atoms with E-state index in [1.165, 1.54) is 12.8 Å². The van der Waals surface area contributed by atoms with Crippen molar-refractivity contribution in [3.8, 4) is 11.4 Å². The molecule has 1 aromatic heterocycles. The molecule has 1 aliphatic carbocycles. The number of H-pyrrole nitrogens is 1. The van der Waals surface area contributed by atoms with Crippen LogP contribution in [-0.4, -0.2) is 28.8 Å². The van der Waals surface area contributed by atoms with E-state index in [1.807, 2.05) is 0 Å². The van der Waals surface area contributed by atoms with Crippen LogP contribution in [0.2, 0.25) is 0 Å². The summed E-state index contributed by atoms with van der Waals surface area (Å²) in [4.78, 5) is 25.2. The number of aromatic amines is 1. The van der Waals surface area contributed by atoms with Crippen molar-refractivity contribution < 1.29 is 14.1 Å². The van der Waals surface area contributed by atoms with E-state index in [0.29, 0.717) is 17.1 Å². The van der Waals surface area contributed by atoms with Gasteiger partial charge in [-0.05, 0) is 37.1 Å². The van der Waals surface area contributed by atoms with Crippen LogP contribution < -0.4 is 11.1 Å². The van der Waals surface area contributed by atoms with Gasteiger partial charge in [-0.3, -0.25) is 14.3 Å². The fraction of sp³-hybridized carbons (Fsp3) is 0.400. The molecule has 2 N–H and O–H groups in total. The van der Waals surface area contributed by atoms with Gasteiger partial charge in [-0.15, -0.1) is 0 Å². The summed E-state index contributed by atoms with van der Waals surface area (Å²) in [6.07, 6.45) is 4.66. The van der Waals surface area contributed by atoms with Crippen LogP contribution in [0.25, 0.3) is 11.4 Å². The first-order chi connectivity index (χ1) is 10.7. The lowest BCUT2D eigenvalue weighted by Gasteiger charge is -2.11. The molecule has 7 nitrogen and oxygen atoms in total. The van der Waals surface area contributed by atoms with Gasteiger partial charge >= 0.3 is 5.76 Å². The molecule has 22 heavy (non-hydrogen) atoms. The number of carbonyl (C=O) groups excluding carboxylic acids is 1. The van der Waals surface area contributed by atoms with Gasteiger partial charge in [0.1, 0.15) is 6.61 Å². The predicted octanol–water partition coefficient (Wildman–Crippen LogP) is 1.93. The average Bonchev–Trinajstić information content (AvgIpc) is 3.17. The van der Waals surface area contributed by atoms with E-state index >= 15 is 0 Å². The monoisotopic (exact) mass is 303 g/mol. The average molecular weight is 303 g/mol. The third-order valence-corrected chi connectivity index (χ3v) is 3.63. The second-order valence-corrected chi connectivity index (χ2v) is 5.29. The minimum atomic E-state index is -0.601. The first kappa shape index (κ1) is 14.5.